The van der Waals surface area contributed by atoms with Gasteiger partial charge in [0.2, 0.25) is 10.0 Å². The van der Waals surface area contributed by atoms with Crippen molar-refractivity contribution in [2.75, 3.05) is 0 Å². The lowest BCUT2D eigenvalue weighted by Crippen LogP contribution is -2.42. The normalized spacial score (nSPS) is 23.5. The minimum atomic E-state index is -4.50. The highest BCUT2D eigenvalue weighted by Crippen LogP contribution is 2.46. The number of benzene rings is 1. The molecule has 1 aromatic carbocycles. The number of hydrogen-bond acceptors (Lipinski definition) is 4. The average Bonchev–Trinajstić information content (AvgIpc) is 2.91. The molecule has 3 heterocycles. The minimum absolute atomic E-state index is 0.127. The molecule has 0 radical (unpaired) electrons. The van der Waals surface area contributed by atoms with Crippen LogP contribution in [0.15, 0.2) is 41.7 Å². The molecule has 2 aliphatic heterocycles. The first-order valence-electron chi connectivity index (χ1n) is 7.78. The maximum absolute atomic E-state index is 13.0. The van der Waals surface area contributed by atoms with Crippen LogP contribution >= 0.6 is 0 Å². The van der Waals surface area contributed by atoms with Gasteiger partial charge >= 0.3 is 6.18 Å². The van der Waals surface area contributed by atoms with Crippen molar-refractivity contribution in [2.45, 2.75) is 42.4 Å². The molecule has 2 aliphatic rings. The van der Waals surface area contributed by atoms with E-state index in [1.165, 1.54) is 10.6 Å². The Morgan fingerprint density at radius 3 is 2.52 bits per heavy atom. The molecule has 0 amide bonds. The Bertz CT molecular complexity index is 913. The van der Waals surface area contributed by atoms with E-state index in [2.05, 4.69) is 9.97 Å². The van der Waals surface area contributed by atoms with Crippen LogP contribution in [0.3, 0.4) is 0 Å². The molecule has 2 atom stereocenters. The molecular formula is C16H14F3N3O2S. The van der Waals surface area contributed by atoms with E-state index in [0.717, 1.165) is 35.5 Å². The topological polar surface area (TPSA) is 63.2 Å². The van der Waals surface area contributed by atoms with Crippen LogP contribution in [-0.4, -0.2) is 28.7 Å². The van der Waals surface area contributed by atoms with E-state index < -0.39 is 21.8 Å². The van der Waals surface area contributed by atoms with Crippen LogP contribution in [0.1, 0.15) is 35.7 Å². The fraction of sp³-hybridized carbons (Fsp3) is 0.375. The molecule has 5 nitrogen and oxygen atoms in total. The van der Waals surface area contributed by atoms with Crippen molar-refractivity contribution in [3.8, 4) is 0 Å². The van der Waals surface area contributed by atoms with Crippen molar-refractivity contribution in [2.24, 2.45) is 0 Å². The second-order valence-corrected chi connectivity index (χ2v) is 8.08. The molecule has 132 valence electrons. The van der Waals surface area contributed by atoms with Crippen molar-refractivity contribution in [1.29, 1.82) is 0 Å². The van der Waals surface area contributed by atoms with Gasteiger partial charge in [0.25, 0.3) is 0 Å². The summed E-state index contributed by atoms with van der Waals surface area (Å²) in [5.41, 5.74) is 0.764. The molecule has 2 bridgehead atoms. The SMILES string of the molecule is O=S(=O)(c1ccc(C(F)(F)F)cc1)N1[C@H]2CC[C@H]1c1cncnc1C2. The van der Waals surface area contributed by atoms with Crippen LogP contribution in [-0.2, 0) is 22.6 Å². The Morgan fingerprint density at radius 1 is 1.12 bits per heavy atom. The summed E-state index contributed by atoms with van der Waals surface area (Å²) in [5.74, 6) is 0. The summed E-state index contributed by atoms with van der Waals surface area (Å²) in [6.45, 7) is 0. The van der Waals surface area contributed by atoms with Gasteiger partial charge in [0.15, 0.2) is 0 Å². The molecule has 1 aromatic heterocycles. The highest BCUT2D eigenvalue weighted by molar-refractivity contribution is 7.89. The lowest BCUT2D eigenvalue weighted by molar-refractivity contribution is -0.137. The van der Waals surface area contributed by atoms with Crippen LogP contribution in [0.25, 0.3) is 0 Å². The molecule has 0 aliphatic carbocycles. The zero-order chi connectivity index (χ0) is 17.8. The summed E-state index contributed by atoms with van der Waals surface area (Å²) in [7, 11) is -3.89. The van der Waals surface area contributed by atoms with E-state index >= 15 is 0 Å². The number of nitrogens with zero attached hydrogens (tertiary/aromatic N) is 3. The van der Waals surface area contributed by atoms with Crippen molar-refractivity contribution in [1.82, 2.24) is 14.3 Å². The third-order valence-corrected chi connectivity index (χ3v) is 6.79. The van der Waals surface area contributed by atoms with Gasteiger partial charge in [-0.15, -0.1) is 0 Å². The van der Waals surface area contributed by atoms with Crippen molar-refractivity contribution >= 4 is 10.0 Å². The maximum Gasteiger partial charge on any atom is 0.416 e. The monoisotopic (exact) mass is 369 g/mol. The van der Waals surface area contributed by atoms with Gasteiger partial charge in [0.1, 0.15) is 6.33 Å². The molecule has 0 spiro atoms. The summed E-state index contributed by atoms with van der Waals surface area (Å²) >= 11 is 0. The Morgan fingerprint density at radius 2 is 1.84 bits per heavy atom. The Labute approximate surface area is 142 Å². The minimum Gasteiger partial charge on any atom is -0.244 e. The smallest absolute Gasteiger partial charge is 0.244 e. The van der Waals surface area contributed by atoms with Gasteiger partial charge in [-0.1, -0.05) is 0 Å². The second-order valence-electron chi connectivity index (χ2n) is 6.23. The fourth-order valence-corrected chi connectivity index (χ4v) is 5.53. The standard InChI is InChI=1S/C16H14F3N3O2S/c17-16(18,19)10-1-4-12(5-2-10)25(23,24)22-11-3-6-15(22)13-8-20-9-21-14(13)7-11/h1-2,4-5,8-9,11,15H,3,6-7H2/t11-,15-/m0/s1. The first-order valence-corrected chi connectivity index (χ1v) is 9.22. The number of fused-ring (bicyclic) bond motifs is 4. The highest BCUT2D eigenvalue weighted by Gasteiger charge is 2.47. The van der Waals surface area contributed by atoms with E-state index in [4.69, 9.17) is 0 Å². The number of aromatic nitrogens is 2. The van der Waals surface area contributed by atoms with Crippen LogP contribution in [0, 0.1) is 0 Å². The zero-order valence-electron chi connectivity index (χ0n) is 12.9. The molecule has 1 fully saturated rings. The summed E-state index contributed by atoms with van der Waals surface area (Å²) in [6.07, 6.45) is 0.421. The predicted octanol–water partition coefficient (Wildman–Crippen LogP) is 2.95. The summed E-state index contributed by atoms with van der Waals surface area (Å²) in [6, 6.07) is 3.07. The molecular weight excluding hydrogens is 355 g/mol. The van der Waals surface area contributed by atoms with Crippen molar-refractivity contribution in [3.63, 3.8) is 0 Å². The average molecular weight is 369 g/mol. The number of sulfonamides is 1. The van der Waals surface area contributed by atoms with Gasteiger partial charge in [-0.2, -0.15) is 17.5 Å². The predicted molar refractivity (Wildman–Crippen MR) is 82.0 cm³/mol. The van der Waals surface area contributed by atoms with Gasteiger partial charge in [0, 0.05) is 24.2 Å². The molecule has 4 rings (SSSR count). The summed E-state index contributed by atoms with van der Waals surface area (Å²) < 4.78 is 65.6. The second kappa shape index (κ2) is 5.50. The third-order valence-electron chi connectivity index (χ3n) is 4.81. The molecule has 1 saturated heterocycles. The molecule has 0 saturated carbocycles. The van der Waals surface area contributed by atoms with Crippen LogP contribution in [0.4, 0.5) is 13.2 Å². The van der Waals surface area contributed by atoms with Gasteiger partial charge in [-0.05, 0) is 37.1 Å². The maximum atomic E-state index is 13.0. The largest absolute Gasteiger partial charge is 0.416 e. The lowest BCUT2D eigenvalue weighted by Gasteiger charge is -2.34. The summed E-state index contributed by atoms with van der Waals surface area (Å²) in [4.78, 5) is 8.09. The first-order chi connectivity index (χ1) is 11.8. The number of halogens is 3. The van der Waals surface area contributed by atoms with E-state index in [0.29, 0.717) is 19.3 Å². The van der Waals surface area contributed by atoms with E-state index in [1.54, 1.807) is 6.20 Å². The first kappa shape index (κ1) is 16.5. The van der Waals surface area contributed by atoms with Crippen molar-refractivity contribution < 1.29 is 21.6 Å². The van der Waals surface area contributed by atoms with Gasteiger partial charge in [-0.3, -0.25) is 0 Å². The molecule has 2 aromatic rings. The molecule has 0 N–H and O–H groups in total. The number of hydrogen-bond donors (Lipinski definition) is 0. The molecule has 9 heteroatoms. The zero-order valence-corrected chi connectivity index (χ0v) is 13.8. The van der Waals surface area contributed by atoms with E-state index in [-0.39, 0.29) is 17.0 Å². The molecule has 25 heavy (non-hydrogen) atoms. The fourth-order valence-electron chi connectivity index (χ4n) is 3.68. The van der Waals surface area contributed by atoms with Gasteiger partial charge < -0.3 is 0 Å². The van der Waals surface area contributed by atoms with Crippen LogP contribution in [0.2, 0.25) is 0 Å². The molecule has 0 unspecified atom stereocenters. The summed E-state index contributed by atoms with van der Waals surface area (Å²) in [5, 5.41) is 0. The Hall–Kier alpha value is -2.00. The third kappa shape index (κ3) is 2.62. The Kier molecular flexibility index (Phi) is 3.62. The van der Waals surface area contributed by atoms with Gasteiger partial charge in [0.05, 0.1) is 22.2 Å². The quantitative estimate of drug-likeness (QED) is 0.817. The van der Waals surface area contributed by atoms with Crippen molar-refractivity contribution in [3.05, 3.63) is 53.6 Å². The van der Waals surface area contributed by atoms with E-state index in [9.17, 15) is 21.6 Å². The Balaban J connectivity index is 1.72. The van der Waals surface area contributed by atoms with Gasteiger partial charge in [-0.25, -0.2) is 18.4 Å². The number of rotatable bonds is 2. The van der Waals surface area contributed by atoms with E-state index in [1.807, 2.05) is 0 Å². The highest BCUT2D eigenvalue weighted by atomic mass is 32.2. The number of alkyl halides is 3. The lowest BCUT2D eigenvalue weighted by atomic mass is 10.0. The van der Waals surface area contributed by atoms with Crippen LogP contribution < -0.4 is 0 Å². The van der Waals surface area contributed by atoms with Crippen LogP contribution in [0.5, 0.6) is 0 Å².